The van der Waals surface area contributed by atoms with E-state index >= 15 is 0 Å². The van der Waals surface area contributed by atoms with E-state index in [4.69, 9.17) is 7.85 Å². The topological polar surface area (TPSA) is 0 Å². The van der Waals surface area contributed by atoms with Gasteiger partial charge in [0.1, 0.15) is 27.9 Å². The standard InChI is InChI=1S/C9H8BF3/c10-9-7(4-12)1-6(3-11)2-8(9)5-13/h1-2H,3-5H2. The van der Waals surface area contributed by atoms with Crippen molar-refractivity contribution in [3.05, 3.63) is 28.8 Å². The molecule has 0 unspecified atom stereocenters. The molecule has 0 saturated heterocycles. The average Bonchev–Trinajstić information content (AvgIpc) is 2.18. The van der Waals surface area contributed by atoms with E-state index in [0.29, 0.717) is 0 Å². The normalized spacial score (nSPS) is 10.4. The van der Waals surface area contributed by atoms with Crippen molar-refractivity contribution in [2.75, 3.05) is 0 Å². The molecule has 0 spiro atoms. The first kappa shape index (κ1) is 10.2. The van der Waals surface area contributed by atoms with Crippen molar-refractivity contribution in [2.24, 2.45) is 0 Å². The Morgan fingerprint density at radius 2 is 1.38 bits per heavy atom. The van der Waals surface area contributed by atoms with Crippen molar-refractivity contribution in [3.63, 3.8) is 0 Å². The summed E-state index contributed by atoms with van der Waals surface area (Å²) in [5, 5.41) is 0. The predicted octanol–water partition coefficient (Wildman–Crippen LogP) is 1.89. The average molecular weight is 184 g/mol. The maximum atomic E-state index is 12.3. The Morgan fingerprint density at radius 1 is 0.923 bits per heavy atom. The van der Waals surface area contributed by atoms with E-state index in [1.165, 1.54) is 12.1 Å². The lowest BCUT2D eigenvalue weighted by molar-refractivity contribution is 0.467. The summed E-state index contributed by atoms with van der Waals surface area (Å²) in [4.78, 5) is 0. The molecule has 0 aliphatic carbocycles. The summed E-state index contributed by atoms with van der Waals surface area (Å²) in [7, 11) is 5.43. The highest BCUT2D eigenvalue weighted by molar-refractivity contribution is 6.34. The molecular formula is C9H8BF3. The van der Waals surface area contributed by atoms with Gasteiger partial charge in [0.15, 0.2) is 0 Å². The quantitative estimate of drug-likeness (QED) is 0.629. The number of alkyl halides is 3. The van der Waals surface area contributed by atoms with Crippen LogP contribution < -0.4 is 5.46 Å². The number of benzene rings is 1. The molecule has 4 heteroatoms. The van der Waals surface area contributed by atoms with Crippen molar-refractivity contribution < 1.29 is 13.2 Å². The molecule has 1 aromatic carbocycles. The zero-order valence-electron chi connectivity index (χ0n) is 6.99. The molecule has 13 heavy (non-hydrogen) atoms. The van der Waals surface area contributed by atoms with Crippen LogP contribution in [0.15, 0.2) is 12.1 Å². The molecule has 0 fully saturated rings. The molecule has 1 aromatic rings. The van der Waals surface area contributed by atoms with Crippen molar-refractivity contribution >= 4 is 13.3 Å². The molecule has 0 saturated carbocycles. The van der Waals surface area contributed by atoms with Crippen LogP contribution in [0.4, 0.5) is 13.2 Å². The maximum Gasteiger partial charge on any atom is 0.115 e. The molecule has 0 bridgehead atoms. The monoisotopic (exact) mass is 184 g/mol. The Balaban J connectivity index is 3.20. The van der Waals surface area contributed by atoms with Crippen LogP contribution >= 0.6 is 0 Å². The minimum absolute atomic E-state index is 0.0854. The summed E-state index contributed by atoms with van der Waals surface area (Å²) in [5.74, 6) is 0. The fraction of sp³-hybridized carbons (Fsp3) is 0.333. The van der Waals surface area contributed by atoms with Crippen LogP contribution in [0, 0.1) is 0 Å². The van der Waals surface area contributed by atoms with Gasteiger partial charge in [-0.2, -0.15) is 0 Å². The van der Waals surface area contributed by atoms with E-state index in [1.54, 1.807) is 0 Å². The van der Waals surface area contributed by atoms with Gasteiger partial charge in [-0.3, -0.25) is 0 Å². The first-order valence-corrected chi connectivity index (χ1v) is 3.81. The van der Waals surface area contributed by atoms with Gasteiger partial charge in [-0.1, -0.05) is 17.6 Å². The Bertz CT molecular complexity index is 274. The lowest BCUT2D eigenvalue weighted by atomic mass is 9.85. The Kier molecular flexibility index (Phi) is 3.40. The molecular weight excluding hydrogens is 176 g/mol. The van der Waals surface area contributed by atoms with Gasteiger partial charge in [0.05, 0.1) is 0 Å². The van der Waals surface area contributed by atoms with Crippen molar-refractivity contribution in [2.45, 2.75) is 20.0 Å². The van der Waals surface area contributed by atoms with Crippen LogP contribution in [0.2, 0.25) is 0 Å². The van der Waals surface area contributed by atoms with Crippen LogP contribution in [-0.2, 0) is 20.0 Å². The van der Waals surface area contributed by atoms with Gasteiger partial charge >= 0.3 is 0 Å². The minimum atomic E-state index is -0.799. The Morgan fingerprint density at radius 3 is 1.69 bits per heavy atom. The van der Waals surface area contributed by atoms with E-state index in [2.05, 4.69) is 0 Å². The minimum Gasteiger partial charge on any atom is -0.246 e. The van der Waals surface area contributed by atoms with Gasteiger partial charge in [-0.05, 0) is 16.7 Å². The fourth-order valence-corrected chi connectivity index (χ4v) is 1.15. The Hall–Kier alpha value is -0.925. The molecule has 0 nitrogen and oxygen atoms in total. The molecule has 0 amide bonds. The van der Waals surface area contributed by atoms with Crippen LogP contribution in [-0.4, -0.2) is 7.85 Å². The number of hydrogen-bond donors (Lipinski definition) is 0. The van der Waals surface area contributed by atoms with Crippen LogP contribution in [0.5, 0.6) is 0 Å². The molecule has 1 rings (SSSR count). The van der Waals surface area contributed by atoms with E-state index in [1.807, 2.05) is 0 Å². The van der Waals surface area contributed by atoms with E-state index in [9.17, 15) is 13.2 Å². The summed E-state index contributed by atoms with van der Waals surface area (Å²) < 4.78 is 36.8. The summed E-state index contributed by atoms with van der Waals surface area (Å²) in [6.45, 7) is -2.33. The fourth-order valence-electron chi connectivity index (χ4n) is 1.15. The largest absolute Gasteiger partial charge is 0.246 e. The van der Waals surface area contributed by atoms with E-state index in [-0.39, 0.29) is 22.2 Å². The van der Waals surface area contributed by atoms with Gasteiger partial charge in [-0.15, -0.1) is 0 Å². The third-order valence-corrected chi connectivity index (χ3v) is 1.85. The maximum absolute atomic E-state index is 12.3. The first-order chi connectivity index (χ1) is 6.22. The third-order valence-electron chi connectivity index (χ3n) is 1.85. The van der Waals surface area contributed by atoms with E-state index in [0.717, 1.165) is 0 Å². The third kappa shape index (κ3) is 2.05. The highest BCUT2D eigenvalue weighted by atomic mass is 19.1. The lowest BCUT2D eigenvalue weighted by Crippen LogP contribution is -2.15. The molecule has 0 N–H and O–H groups in total. The molecule has 0 aliphatic heterocycles. The SMILES string of the molecule is [B]c1c(CF)cc(CF)cc1CF. The smallest absolute Gasteiger partial charge is 0.115 e. The number of halogens is 3. The van der Waals surface area contributed by atoms with Crippen molar-refractivity contribution in [1.82, 2.24) is 0 Å². The predicted molar refractivity (Wildman–Crippen MR) is 46.3 cm³/mol. The zero-order chi connectivity index (χ0) is 9.84. The molecule has 0 aliphatic rings. The van der Waals surface area contributed by atoms with Crippen LogP contribution in [0.25, 0.3) is 0 Å². The second kappa shape index (κ2) is 4.35. The highest BCUT2D eigenvalue weighted by Crippen LogP contribution is 2.10. The van der Waals surface area contributed by atoms with Gasteiger partial charge in [0.25, 0.3) is 0 Å². The van der Waals surface area contributed by atoms with E-state index < -0.39 is 20.0 Å². The summed E-state index contributed by atoms with van der Waals surface area (Å²) in [6, 6.07) is 2.63. The van der Waals surface area contributed by atoms with Gasteiger partial charge in [-0.25, -0.2) is 13.2 Å². The van der Waals surface area contributed by atoms with Gasteiger partial charge in [0.2, 0.25) is 0 Å². The Labute approximate surface area is 76.2 Å². The summed E-state index contributed by atoms with van der Waals surface area (Å²) >= 11 is 0. The number of rotatable bonds is 3. The number of hydrogen-bond acceptors (Lipinski definition) is 0. The second-order valence-electron chi connectivity index (χ2n) is 2.73. The lowest BCUT2D eigenvalue weighted by Gasteiger charge is -2.08. The van der Waals surface area contributed by atoms with Crippen molar-refractivity contribution in [3.8, 4) is 0 Å². The molecule has 68 valence electrons. The summed E-state index contributed by atoms with van der Waals surface area (Å²) in [5.41, 5.74) is 0.655. The zero-order valence-corrected chi connectivity index (χ0v) is 6.99. The first-order valence-electron chi connectivity index (χ1n) is 3.81. The molecule has 0 atom stereocenters. The molecule has 0 heterocycles. The van der Waals surface area contributed by atoms with Gasteiger partial charge < -0.3 is 0 Å². The van der Waals surface area contributed by atoms with Crippen LogP contribution in [0.1, 0.15) is 16.7 Å². The summed E-state index contributed by atoms with van der Waals surface area (Å²) in [6.07, 6.45) is 0. The second-order valence-corrected chi connectivity index (χ2v) is 2.73. The molecule has 2 radical (unpaired) electrons. The highest BCUT2D eigenvalue weighted by Gasteiger charge is 2.06. The van der Waals surface area contributed by atoms with Crippen LogP contribution in [0.3, 0.4) is 0 Å². The van der Waals surface area contributed by atoms with Crippen molar-refractivity contribution in [1.29, 1.82) is 0 Å². The molecule has 0 aromatic heterocycles. The van der Waals surface area contributed by atoms with Gasteiger partial charge in [0, 0.05) is 0 Å².